The highest BCUT2D eigenvalue weighted by Gasteiger charge is 2.11. The summed E-state index contributed by atoms with van der Waals surface area (Å²) < 4.78 is 21.3. The fourth-order valence-corrected chi connectivity index (χ4v) is 3.88. The molecule has 3 heterocycles. The Hall–Kier alpha value is -3.71. The van der Waals surface area contributed by atoms with Crippen LogP contribution in [0.1, 0.15) is 5.56 Å². The lowest BCUT2D eigenvalue weighted by molar-refractivity contribution is 0.575. The van der Waals surface area contributed by atoms with Gasteiger partial charge in [-0.1, -0.05) is 30.3 Å². The molecule has 0 aliphatic carbocycles. The van der Waals surface area contributed by atoms with Crippen LogP contribution in [0.2, 0.25) is 0 Å². The number of fused-ring (bicyclic) bond motifs is 1. The number of halogens is 1. The maximum absolute atomic E-state index is 14.1. The Kier molecular flexibility index (Phi) is 4.42. The van der Waals surface area contributed by atoms with Crippen LogP contribution in [0, 0.1) is 5.82 Å². The normalized spacial score (nSPS) is 12.4. The zero-order valence-corrected chi connectivity index (χ0v) is 15.9. The molecule has 0 aliphatic rings. The Labute approximate surface area is 169 Å². The van der Waals surface area contributed by atoms with E-state index in [1.165, 1.54) is 17.4 Å². The SMILES string of the molecule is Fc1ccccc1N=c1scc(-c2ccco2)n1N=Cc1c[nH]c2ccccc12. The van der Waals surface area contributed by atoms with Crippen molar-refractivity contribution in [2.45, 2.75) is 0 Å². The summed E-state index contributed by atoms with van der Waals surface area (Å²) >= 11 is 1.37. The van der Waals surface area contributed by atoms with Gasteiger partial charge in [-0.05, 0) is 30.3 Å². The van der Waals surface area contributed by atoms with E-state index in [9.17, 15) is 4.39 Å². The molecule has 0 unspecified atom stereocenters. The zero-order chi connectivity index (χ0) is 19.6. The molecular weight excluding hydrogens is 387 g/mol. The lowest BCUT2D eigenvalue weighted by Crippen LogP contribution is -2.11. The van der Waals surface area contributed by atoms with E-state index < -0.39 is 0 Å². The molecular formula is C22H15FN4OS. The van der Waals surface area contributed by atoms with Crippen molar-refractivity contribution in [3.8, 4) is 11.5 Å². The Morgan fingerprint density at radius 1 is 1.03 bits per heavy atom. The number of nitrogens with zero attached hydrogens (tertiary/aromatic N) is 3. The Bertz CT molecular complexity index is 1380. The van der Waals surface area contributed by atoms with Gasteiger partial charge in [0.15, 0.2) is 5.76 Å². The van der Waals surface area contributed by atoms with Crippen LogP contribution in [-0.2, 0) is 0 Å². The fraction of sp³-hybridized carbons (Fsp3) is 0. The van der Waals surface area contributed by atoms with Crippen LogP contribution in [0.4, 0.5) is 10.1 Å². The first-order valence-electron chi connectivity index (χ1n) is 8.94. The Morgan fingerprint density at radius 2 is 1.90 bits per heavy atom. The standard InChI is InChI=1S/C22H15FN4OS/c23-17-7-2-4-9-19(17)26-22-27(20(14-29-22)21-10-5-11-28-21)25-13-15-12-24-18-8-3-1-6-16(15)18/h1-14,24H. The summed E-state index contributed by atoms with van der Waals surface area (Å²) in [6.07, 6.45) is 5.27. The number of rotatable bonds is 4. The minimum absolute atomic E-state index is 0.261. The monoisotopic (exact) mass is 402 g/mol. The molecule has 5 aromatic rings. The summed E-state index contributed by atoms with van der Waals surface area (Å²) in [5, 5.41) is 7.61. The molecule has 0 spiro atoms. The van der Waals surface area contributed by atoms with Crippen LogP contribution < -0.4 is 4.80 Å². The van der Waals surface area contributed by atoms with E-state index in [-0.39, 0.29) is 11.5 Å². The first kappa shape index (κ1) is 17.4. The van der Waals surface area contributed by atoms with Gasteiger partial charge in [-0.15, -0.1) is 11.3 Å². The van der Waals surface area contributed by atoms with Gasteiger partial charge in [0.05, 0.1) is 12.5 Å². The fourth-order valence-electron chi connectivity index (χ4n) is 3.05. The Morgan fingerprint density at radius 3 is 2.76 bits per heavy atom. The molecule has 0 fully saturated rings. The van der Waals surface area contributed by atoms with Crippen LogP contribution in [0.5, 0.6) is 0 Å². The number of H-pyrrole nitrogens is 1. The lowest BCUT2D eigenvalue weighted by Gasteiger charge is -2.01. The molecule has 5 rings (SSSR count). The van der Waals surface area contributed by atoms with Crippen molar-refractivity contribution in [3.63, 3.8) is 0 Å². The molecule has 2 aromatic carbocycles. The number of furan rings is 1. The van der Waals surface area contributed by atoms with Crippen molar-refractivity contribution >= 4 is 34.1 Å². The van der Waals surface area contributed by atoms with Gasteiger partial charge >= 0.3 is 0 Å². The number of para-hydroxylation sites is 2. The average Bonchev–Trinajstić information content (AvgIpc) is 3.48. The van der Waals surface area contributed by atoms with Crippen LogP contribution in [0.25, 0.3) is 22.4 Å². The van der Waals surface area contributed by atoms with E-state index in [4.69, 9.17) is 4.42 Å². The Balaban J connectivity index is 1.66. The molecule has 0 radical (unpaired) electrons. The second-order valence-corrected chi connectivity index (χ2v) is 7.13. The second-order valence-electron chi connectivity index (χ2n) is 6.29. The molecule has 29 heavy (non-hydrogen) atoms. The average molecular weight is 402 g/mol. The van der Waals surface area contributed by atoms with E-state index >= 15 is 0 Å². The van der Waals surface area contributed by atoms with Gasteiger partial charge in [-0.2, -0.15) is 5.10 Å². The molecule has 0 amide bonds. The summed E-state index contributed by atoms with van der Waals surface area (Å²) in [5.41, 5.74) is 2.98. The largest absolute Gasteiger partial charge is 0.463 e. The summed E-state index contributed by atoms with van der Waals surface area (Å²) in [6.45, 7) is 0. The third kappa shape index (κ3) is 3.32. The number of hydrogen-bond donors (Lipinski definition) is 1. The predicted octanol–water partition coefficient (Wildman–Crippen LogP) is 5.54. The maximum atomic E-state index is 14.1. The van der Waals surface area contributed by atoms with Gasteiger partial charge < -0.3 is 9.40 Å². The van der Waals surface area contributed by atoms with Crippen molar-refractivity contribution < 1.29 is 8.81 Å². The van der Waals surface area contributed by atoms with E-state index in [1.807, 2.05) is 48.0 Å². The summed E-state index contributed by atoms with van der Waals surface area (Å²) in [7, 11) is 0. The topological polar surface area (TPSA) is 58.6 Å². The molecule has 0 saturated heterocycles. The first-order chi connectivity index (χ1) is 14.3. The van der Waals surface area contributed by atoms with Crippen LogP contribution in [-0.4, -0.2) is 15.9 Å². The first-order valence-corrected chi connectivity index (χ1v) is 9.82. The number of hydrogen-bond acceptors (Lipinski definition) is 4. The third-order valence-electron chi connectivity index (χ3n) is 4.46. The van der Waals surface area contributed by atoms with E-state index in [1.54, 1.807) is 35.4 Å². The highest BCUT2D eigenvalue weighted by Crippen LogP contribution is 2.22. The van der Waals surface area contributed by atoms with E-state index in [0.29, 0.717) is 10.6 Å². The van der Waals surface area contributed by atoms with Gasteiger partial charge in [-0.25, -0.2) is 14.1 Å². The summed E-state index contributed by atoms with van der Waals surface area (Å²) in [5.74, 6) is 0.278. The van der Waals surface area contributed by atoms with Crippen molar-refractivity contribution in [1.82, 2.24) is 9.66 Å². The zero-order valence-electron chi connectivity index (χ0n) is 15.1. The van der Waals surface area contributed by atoms with Crippen molar-refractivity contribution in [2.75, 3.05) is 0 Å². The van der Waals surface area contributed by atoms with Crippen molar-refractivity contribution in [2.24, 2.45) is 10.1 Å². The maximum Gasteiger partial charge on any atom is 0.211 e. The van der Waals surface area contributed by atoms with Crippen molar-refractivity contribution in [3.05, 3.63) is 94.7 Å². The number of benzene rings is 2. The number of thiazole rings is 1. The molecule has 0 aliphatic heterocycles. The van der Waals surface area contributed by atoms with E-state index in [0.717, 1.165) is 22.2 Å². The van der Waals surface area contributed by atoms with Gasteiger partial charge in [0, 0.05) is 28.0 Å². The minimum Gasteiger partial charge on any atom is -0.463 e. The predicted molar refractivity (Wildman–Crippen MR) is 113 cm³/mol. The quantitative estimate of drug-likeness (QED) is 0.394. The summed E-state index contributed by atoms with van der Waals surface area (Å²) in [6, 6.07) is 18.1. The minimum atomic E-state index is -0.382. The number of aromatic nitrogens is 2. The van der Waals surface area contributed by atoms with Crippen LogP contribution in [0.15, 0.2) is 93.0 Å². The highest BCUT2D eigenvalue weighted by molar-refractivity contribution is 7.07. The number of aromatic amines is 1. The molecule has 0 bridgehead atoms. The van der Waals surface area contributed by atoms with Gasteiger partial charge in [-0.3, -0.25) is 0 Å². The molecule has 1 N–H and O–H groups in total. The second kappa shape index (κ2) is 7.37. The molecule has 0 atom stereocenters. The van der Waals surface area contributed by atoms with E-state index in [2.05, 4.69) is 15.1 Å². The number of nitrogens with one attached hydrogen (secondary N) is 1. The van der Waals surface area contributed by atoms with Crippen LogP contribution in [0.3, 0.4) is 0 Å². The van der Waals surface area contributed by atoms with Gasteiger partial charge in [0.1, 0.15) is 17.2 Å². The van der Waals surface area contributed by atoms with Gasteiger partial charge in [0.25, 0.3) is 0 Å². The molecule has 142 valence electrons. The molecule has 0 saturated carbocycles. The highest BCUT2D eigenvalue weighted by atomic mass is 32.1. The molecule has 5 nitrogen and oxygen atoms in total. The molecule has 3 aromatic heterocycles. The van der Waals surface area contributed by atoms with Crippen LogP contribution >= 0.6 is 11.3 Å². The summed E-state index contributed by atoms with van der Waals surface area (Å²) in [4.78, 5) is 8.25. The van der Waals surface area contributed by atoms with Crippen molar-refractivity contribution in [1.29, 1.82) is 0 Å². The lowest BCUT2D eigenvalue weighted by atomic mass is 10.2. The smallest absolute Gasteiger partial charge is 0.211 e. The van der Waals surface area contributed by atoms with Gasteiger partial charge in [0.2, 0.25) is 4.80 Å². The third-order valence-corrected chi connectivity index (χ3v) is 5.28. The molecule has 7 heteroatoms.